The van der Waals surface area contributed by atoms with Crippen LogP contribution in [0.15, 0.2) is 6.07 Å². The van der Waals surface area contributed by atoms with Crippen molar-refractivity contribution in [1.29, 1.82) is 0 Å². The first-order chi connectivity index (χ1) is 8.11. The van der Waals surface area contributed by atoms with Crippen molar-refractivity contribution < 1.29 is 4.74 Å². The van der Waals surface area contributed by atoms with E-state index >= 15 is 0 Å². The van der Waals surface area contributed by atoms with Gasteiger partial charge in [-0.25, -0.2) is 4.98 Å². The minimum Gasteiger partial charge on any atom is -0.478 e. The van der Waals surface area contributed by atoms with Crippen LogP contribution in [-0.2, 0) is 0 Å². The van der Waals surface area contributed by atoms with Gasteiger partial charge >= 0.3 is 0 Å². The van der Waals surface area contributed by atoms with Gasteiger partial charge in [0.15, 0.2) is 0 Å². The Hall–Kier alpha value is -1.32. The predicted molar refractivity (Wildman–Crippen MR) is 70.5 cm³/mol. The number of nitrogens with one attached hydrogen (secondary N) is 1. The van der Waals surface area contributed by atoms with Crippen LogP contribution in [0.4, 0.5) is 5.82 Å². The quantitative estimate of drug-likeness (QED) is 0.792. The van der Waals surface area contributed by atoms with Crippen molar-refractivity contribution in [3.05, 3.63) is 11.9 Å². The Kier molecular flexibility index (Phi) is 5.73. The maximum Gasteiger partial charge on any atom is 0.218 e. The molecule has 0 aliphatic carbocycles. The molecule has 4 heteroatoms. The summed E-state index contributed by atoms with van der Waals surface area (Å²) in [4.78, 5) is 8.58. The fraction of sp³-hybridized carbons (Fsp3) is 0.692. The van der Waals surface area contributed by atoms with E-state index in [1.54, 1.807) is 0 Å². The molecule has 1 aromatic heterocycles. The summed E-state index contributed by atoms with van der Waals surface area (Å²) in [7, 11) is 0. The highest BCUT2D eigenvalue weighted by Gasteiger charge is 2.02. The molecular weight excluding hydrogens is 214 g/mol. The van der Waals surface area contributed by atoms with E-state index in [4.69, 9.17) is 4.74 Å². The summed E-state index contributed by atoms with van der Waals surface area (Å²) in [5.74, 6) is 2.95. The lowest BCUT2D eigenvalue weighted by molar-refractivity contribution is 0.304. The van der Waals surface area contributed by atoms with Gasteiger partial charge in [0.1, 0.15) is 11.6 Å². The topological polar surface area (TPSA) is 47.0 Å². The molecule has 0 unspecified atom stereocenters. The van der Waals surface area contributed by atoms with Crippen LogP contribution in [0.5, 0.6) is 5.88 Å². The van der Waals surface area contributed by atoms with E-state index in [-0.39, 0.29) is 0 Å². The van der Waals surface area contributed by atoms with Gasteiger partial charge in [-0.1, -0.05) is 20.8 Å². The molecule has 0 aliphatic rings. The zero-order valence-electron chi connectivity index (χ0n) is 11.3. The van der Waals surface area contributed by atoms with Gasteiger partial charge in [0, 0.05) is 12.6 Å². The lowest BCUT2D eigenvalue weighted by atomic mass is 10.1. The van der Waals surface area contributed by atoms with Crippen LogP contribution in [0, 0.1) is 12.8 Å². The summed E-state index contributed by atoms with van der Waals surface area (Å²) < 4.78 is 5.51. The highest BCUT2D eigenvalue weighted by Crippen LogP contribution is 2.14. The highest BCUT2D eigenvalue weighted by atomic mass is 16.5. The lowest BCUT2D eigenvalue weighted by Crippen LogP contribution is -2.08. The second-order valence-corrected chi connectivity index (χ2v) is 4.60. The Labute approximate surface area is 104 Å². The molecule has 0 amide bonds. The molecule has 1 rings (SSSR count). The first-order valence-corrected chi connectivity index (χ1v) is 6.34. The number of aryl methyl sites for hydroxylation is 1. The molecule has 0 saturated carbocycles. The fourth-order valence-electron chi connectivity index (χ4n) is 1.40. The van der Waals surface area contributed by atoms with Crippen LogP contribution in [0.25, 0.3) is 0 Å². The molecule has 1 N–H and O–H groups in total. The summed E-state index contributed by atoms with van der Waals surface area (Å²) in [6.07, 6.45) is 2.12. The van der Waals surface area contributed by atoms with Crippen LogP contribution in [0.3, 0.4) is 0 Å². The second-order valence-electron chi connectivity index (χ2n) is 4.60. The number of hydrogen-bond acceptors (Lipinski definition) is 4. The maximum absolute atomic E-state index is 5.51. The second kappa shape index (κ2) is 7.09. The van der Waals surface area contributed by atoms with Gasteiger partial charge in [0.25, 0.3) is 0 Å². The van der Waals surface area contributed by atoms with Gasteiger partial charge in [-0.3, -0.25) is 0 Å². The lowest BCUT2D eigenvalue weighted by Gasteiger charge is -2.10. The van der Waals surface area contributed by atoms with Gasteiger partial charge in [-0.2, -0.15) is 4.98 Å². The summed E-state index contributed by atoms with van der Waals surface area (Å²) >= 11 is 0. The van der Waals surface area contributed by atoms with Gasteiger partial charge in [-0.15, -0.1) is 0 Å². The van der Waals surface area contributed by atoms with Gasteiger partial charge in [-0.05, 0) is 25.7 Å². The predicted octanol–water partition coefficient (Wildman–Crippen LogP) is 3.03. The number of aromatic nitrogens is 2. The monoisotopic (exact) mass is 237 g/mol. The van der Waals surface area contributed by atoms with Crippen LogP contribution in [-0.4, -0.2) is 23.1 Å². The van der Waals surface area contributed by atoms with Crippen molar-refractivity contribution in [2.75, 3.05) is 18.5 Å². The van der Waals surface area contributed by atoms with Crippen molar-refractivity contribution in [1.82, 2.24) is 9.97 Å². The minimum absolute atomic E-state index is 0.659. The summed E-state index contributed by atoms with van der Waals surface area (Å²) in [5, 5.41) is 3.30. The molecular formula is C13H23N3O. The first kappa shape index (κ1) is 13.7. The molecule has 0 radical (unpaired) electrons. The maximum atomic E-state index is 5.51. The van der Waals surface area contributed by atoms with E-state index in [1.165, 1.54) is 0 Å². The van der Waals surface area contributed by atoms with Crippen LogP contribution in [0.1, 0.15) is 39.4 Å². The van der Waals surface area contributed by atoms with E-state index < -0.39 is 0 Å². The molecule has 0 aliphatic heterocycles. The van der Waals surface area contributed by atoms with Crippen molar-refractivity contribution in [2.45, 2.75) is 40.5 Å². The largest absolute Gasteiger partial charge is 0.478 e. The van der Waals surface area contributed by atoms with E-state index in [2.05, 4.69) is 36.1 Å². The molecule has 0 spiro atoms. The van der Waals surface area contributed by atoms with E-state index in [1.807, 2.05) is 13.0 Å². The fourth-order valence-corrected chi connectivity index (χ4v) is 1.40. The highest BCUT2D eigenvalue weighted by molar-refractivity contribution is 5.38. The summed E-state index contributed by atoms with van der Waals surface area (Å²) in [6.45, 7) is 10.0. The molecule has 4 nitrogen and oxygen atoms in total. The minimum atomic E-state index is 0.659. The Morgan fingerprint density at radius 2 is 2.12 bits per heavy atom. The summed E-state index contributed by atoms with van der Waals surface area (Å²) in [6, 6.07) is 1.86. The smallest absolute Gasteiger partial charge is 0.218 e. The molecule has 17 heavy (non-hydrogen) atoms. The molecule has 0 atom stereocenters. The average molecular weight is 237 g/mol. The Morgan fingerprint density at radius 1 is 1.35 bits per heavy atom. The molecule has 0 bridgehead atoms. The number of hydrogen-bond donors (Lipinski definition) is 1. The number of nitrogens with zero attached hydrogens (tertiary/aromatic N) is 2. The third-order valence-corrected chi connectivity index (χ3v) is 2.30. The zero-order valence-corrected chi connectivity index (χ0v) is 11.3. The van der Waals surface area contributed by atoms with E-state index in [9.17, 15) is 0 Å². The van der Waals surface area contributed by atoms with Gasteiger partial charge in [0.05, 0.1) is 6.61 Å². The van der Waals surface area contributed by atoms with Crippen molar-refractivity contribution >= 4 is 5.82 Å². The van der Waals surface area contributed by atoms with E-state index in [0.717, 1.165) is 31.0 Å². The van der Waals surface area contributed by atoms with Crippen LogP contribution < -0.4 is 10.1 Å². The number of anilines is 1. The van der Waals surface area contributed by atoms with Gasteiger partial charge < -0.3 is 10.1 Å². The summed E-state index contributed by atoms with van der Waals surface area (Å²) in [5.41, 5.74) is 0. The third kappa shape index (κ3) is 5.52. The average Bonchev–Trinajstić information content (AvgIpc) is 2.25. The van der Waals surface area contributed by atoms with Crippen molar-refractivity contribution in [2.24, 2.45) is 5.92 Å². The normalized spacial score (nSPS) is 10.6. The van der Waals surface area contributed by atoms with Crippen molar-refractivity contribution in [3.63, 3.8) is 0 Å². The third-order valence-electron chi connectivity index (χ3n) is 2.30. The van der Waals surface area contributed by atoms with Crippen molar-refractivity contribution in [3.8, 4) is 5.88 Å². The van der Waals surface area contributed by atoms with Gasteiger partial charge in [0.2, 0.25) is 5.88 Å². The standard InChI is InChI=1S/C13H23N3O/c1-5-8-17-13-9-12(15-11(4)16-13)14-7-6-10(2)3/h9-10H,5-8H2,1-4H3,(H,14,15,16). The number of ether oxygens (including phenoxy) is 1. The molecule has 1 aromatic rings. The molecule has 1 heterocycles. The first-order valence-electron chi connectivity index (χ1n) is 6.34. The Balaban J connectivity index is 2.55. The molecule has 0 saturated heterocycles. The Bertz CT molecular complexity index is 339. The molecule has 0 aromatic carbocycles. The van der Waals surface area contributed by atoms with Crippen LogP contribution >= 0.6 is 0 Å². The zero-order chi connectivity index (χ0) is 12.7. The molecule has 0 fully saturated rings. The van der Waals surface area contributed by atoms with Crippen LogP contribution in [0.2, 0.25) is 0 Å². The number of rotatable bonds is 7. The SMILES string of the molecule is CCCOc1cc(NCCC(C)C)nc(C)n1. The van der Waals surface area contributed by atoms with E-state index in [0.29, 0.717) is 18.4 Å². The Morgan fingerprint density at radius 3 is 2.76 bits per heavy atom. The molecule has 96 valence electrons.